The molecule has 0 atom stereocenters. The van der Waals surface area contributed by atoms with Crippen molar-refractivity contribution in [3.63, 3.8) is 0 Å². The van der Waals surface area contributed by atoms with Crippen molar-refractivity contribution in [2.75, 3.05) is 0 Å². The van der Waals surface area contributed by atoms with E-state index in [0.29, 0.717) is 0 Å². The highest BCUT2D eigenvalue weighted by molar-refractivity contribution is 7.87. The minimum atomic E-state index is -4.86. The van der Waals surface area contributed by atoms with Crippen molar-refractivity contribution >= 4 is 55.0 Å². The number of hydrogen-bond acceptors (Lipinski definition) is 4. The Labute approximate surface area is 112 Å². The van der Waals surface area contributed by atoms with Crippen molar-refractivity contribution in [2.45, 2.75) is 9.79 Å². The molecular weight excluding hydrogens is 339 g/mol. The van der Waals surface area contributed by atoms with E-state index in [-0.39, 0.29) is 0 Å². The number of halogens is 3. The first-order chi connectivity index (χ1) is 7.46. The lowest BCUT2D eigenvalue weighted by atomic mass is 10.3. The first-order valence-corrected chi connectivity index (χ1v) is 7.60. The van der Waals surface area contributed by atoms with Gasteiger partial charge in [0.2, 0.25) is 0 Å². The highest BCUT2D eigenvalue weighted by Gasteiger charge is 2.29. The maximum Gasteiger partial charge on any atom is 0.297 e. The molecule has 0 aliphatic heterocycles. The first kappa shape index (κ1) is 15.0. The highest BCUT2D eigenvalue weighted by Crippen LogP contribution is 2.39. The Bertz CT molecular complexity index is 622. The van der Waals surface area contributed by atoms with E-state index in [9.17, 15) is 16.8 Å². The normalized spacial score (nSPS) is 12.8. The van der Waals surface area contributed by atoms with Crippen LogP contribution in [0.4, 0.5) is 0 Å². The van der Waals surface area contributed by atoms with Gasteiger partial charge < -0.3 is 0 Å². The van der Waals surface area contributed by atoms with Crippen LogP contribution in [0.5, 0.6) is 0 Å². The Morgan fingerprint density at radius 2 is 1.12 bits per heavy atom. The molecule has 0 heterocycles. The number of benzene rings is 1. The topological polar surface area (TPSA) is 109 Å². The second-order valence-electron chi connectivity index (χ2n) is 2.76. The van der Waals surface area contributed by atoms with Gasteiger partial charge >= 0.3 is 0 Å². The van der Waals surface area contributed by atoms with Gasteiger partial charge in [0.25, 0.3) is 20.2 Å². The fourth-order valence-electron chi connectivity index (χ4n) is 1.03. The third-order valence-electron chi connectivity index (χ3n) is 1.60. The van der Waals surface area contributed by atoms with Gasteiger partial charge in [0, 0.05) is 0 Å². The molecule has 0 amide bonds. The smallest absolute Gasteiger partial charge is 0.282 e. The van der Waals surface area contributed by atoms with Gasteiger partial charge in [-0.2, -0.15) is 16.8 Å². The summed E-state index contributed by atoms with van der Waals surface area (Å²) < 4.78 is 61.4. The Kier molecular flexibility index (Phi) is 4.00. The predicted octanol–water partition coefficient (Wildman–Crippen LogP) is 2.14. The Hall–Kier alpha value is -0.0900. The van der Waals surface area contributed by atoms with Crippen LogP contribution in [0, 0.1) is 0 Å². The number of rotatable bonds is 2. The molecule has 11 heteroatoms. The molecule has 0 spiro atoms. The highest BCUT2D eigenvalue weighted by atomic mass is 35.5. The molecule has 0 aromatic heterocycles. The van der Waals surface area contributed by atoms with Gasteiger partial charge in [-0.3, -0.25) is 9.11 Å². The summed E-state index contributed by atoms with van der Waals surface area (Å²) in [5.74, 6) is 0. The third-order valence-corrected chi connectivity index (χ3v) is 4.90. The summed E-state index contributed by atoms with van der Waals surface area (Å²) in [6, 6.07) is 0.723. The zero-order valence-corrected chi connectivity index (χ0v) is 11.5. The van der Waals surface area contributed by atoms with E-state index in [1.165, 1.54) is 0 Å². The van der Waals surface area contributed by atoms with Crippen LogP contribution >= 0.6 is 34.8 Å². The molecule has 0 aliphatic carbocycles. The summed E-state index contributed by atoms with van der Waals surface area (Å²) in [6.45, 7) is 0. The monoisotopic (exact) mass is 340 g/mol. The minimum absolute atomic E-state index is 0.574. The van der Waals surface area contributed by atoms with E-state index < -0.39 is 45.1 Å². The molecule has 1 aromatic carbocycles. The van der Waals surface area contributed by atoms with Crippen LogP contribution < -0.4 is 0 Å². The molecule has 2 N–H and O–H groups in total. The summed E-state index contributed by atoms with van der Waals surface area (Å²) in [5.41, 5.74) is 0. The largest absolute Gasteiger partial charge is 0.297 e. The van der Waals surface area contributed by atoms with E-state index in [1.54, 1.807) is 0 Å². The van der Waals surface area contributed by atoms with Crippen molar-refractivity contribution in [1.29, 1.82) is 0 Å². The van der Waals surface area contributed by atoms with Gasteiger partial charge in [-0.05, 0) is 6.07 Å². The molecule has 0 unspecified atom stereocenters. The molecule has 1 rings (SSSR count). The predicted molar refractivity (Wildman–Crippen MR) is 61.1 cm³/mol. The summed E-state index contributed by atoms with van der Waals surface area (Å²) >= 11 is 16.4. The lowest BCUT2D eigenvalue weighted by Crippen LogP contribution is -2.07. The van der Waals surface area contributed by atoms with Gasteiger partial charge in [0.1, 0.15) is 9.79 Å². The third kappa shape index (κ3) is 3.02. The van der Waals surface area contributed by atoms with E-state index in [1.807, 2.05) is 0 Å². The summed E-state index contributed by atoms with van der Waals surface area (Å²) in [4.78, 5) is -2.09. The second-order valence-corrected chi connectivity index (χ2v) is 6.67. The van der Waals surface area contributed by atoms with Crippen LogP contribution in [0.15, 0.2) is 15.9 Å². The average Bonchev–Trinajstić information content (AvgIpc) is 1.94. The lowest BCUT2D eigenvalue weighted by Gasteiger charge is -2.09. The van der Waals surface area contributed by atoms with E-state index in [4.69, 9.17) is 43.9 Å². The van der Waals surface area contributed by atoms with Crippen LogP contribution in [-0.2, 0) is 20.2 Å². The Morgan fingerprint density at radius 3 is 1.35 bits per heavy atom. The Balaban J connectivity index is 3.93. The van der Waals surface area contributed by atoms with Gasteiger partial charge in [-0.1, -0.05) is 34.8 Å². The molecule has 6 nitrogen and oxygen atoms in total. The van der Waals surface area contributed by atoms with Crippen molar-refractivity contribution in [1.82, 2.24) is 0 Å². The van der Waals surface area contributed by atoms with E-state index in [2.05, 4.69) is 0 Å². The maximum atomic E-state index is 10.9. The van der Waals surface area contributed by atoms with Crippen molar-refractivity contribution in [2.24, 2.45) is 0 Å². The quantitative estimate of drug-likeness (QED) is 0.798. The zero-order chi connectivity index (χ0) is 13.6. The van der Waals surface area contributed by atoms with Gasteiger partial charge in [0.05, 0.1) is 15.1 Å². The molecular formula is C6H3Cl3O6S2. The Morgan fingerprint density at radius 1 is 0.824 bits per heavy atom. The molecule has 0 aliphatic rings. The second kappa shape index (κ2) is 4.54. The first-order valence-electron chi connectivity index (χ1n) is 3.58. The van der Waals surface area contributed by atoms with Crippen molar-refractivity contribution < 1.29 is 25.9 Å². The molecule has 0 fully saturated rings. The van der Waals surface area contributed by atoms with E-state index in [0.717, 1.165) is 6.07 Å². The maximum absolute atomic E-state index is 10.9. The average molecular weight is 342 g/mol. The van der Waals surface area contributed by atoms with Crippen LogP contribution in [-0.4, -0.2) is 25.9 Å². The fraction of sp³-hybridized carbons (Fsp3) is 0. The zero-order valence-electron chi connectivity index (χ0n) is 7.56. The van der Waals surface area contributed by atoms with Gasteiger partial charge in [0.15, 0.2) is 0 Å². The van der Waals surface area contributed by atoms with Gasteiger partial charge in [-0.25, -0.2) is 0 Å². The van der Waals surface area contributed by atoms with E-state index >= 15 is 0 Å². The van der Waals surface area contributed by atoms with Crippen LogP contribution in [0.3, 0.4) is 0 Å². The molecule has 0 radical (unpaired) electrons. The summed E-state index contributed by atoms with van der Waals surface area (Å²) in [5, 5.41) is -2.13. The molecule has 0 saturated carbocycles. The van der Waals surface area contributed by atoms with Crippen LogP contribution in [0.1, 0.15) is 0 Å². The molecule has 96 valence electrons. The van der Waals surface area contributed by atoms with Crippen LogP contribution in [0.25, 0.3) is 0 Å². The van der Waals surface area contributed by atoms with Crippen molar-refractivity contribution in [3.8, 4) is 0 Å². The SMILES string of the molecule is O=S(=O)(O)c1c(Cl)cc(Cl)c(S(=O)(=O)O)c1Cl. The molecule has 0 bridgehead atoms. The molecule has 1 aromatic rings. The van der Waals surface area contributed by atoms with Crippen molar-refractivity contribution in [3.05, 3.63) is 21.1 Å². The minimum Gasteiger partial charge on any atom is -0.282 e. The standard InChI is InChI=1S/C6H3Cl3O6S2/c7-2-1-3(8)6(17(13,14)15)4(9)5(2)16(10,11)12/h1H,(H,10,11,12)(H,13,14,15). The van der Waals surface area contributed by atoms with Crippen LogP contribution in [0.2, 0.25) is 15.1 Å². The summed E-state index contributed by atoms with van der Waals surface area (Å²) in [7, 11) is -9.72. The number of hydrogen-bond donors (Lipinski definition) is 2. The lowest BCUT2D eigenvalue weighted by molar-refractivity contribution is 0.481. The van der Waals surface area contributed by atoms with Gasteiger partial charge in [-0.15, -0.1) is 0 Å². The molecule has 17 heavy (non-hydrogen) atoms. The fourth-order valence-corrected chi connectivity index (χ4v) is 4.29. The molecule has 0 saturated heterocycles. The summed E-state index contributed by atoms with van der Waals surface area (Å²) in [6.07, 6.45) is 0.